The fourth-order valence-corrected chi connectivity index (χ4v) is 2.63. The molecule has 0 saturated heterocycles. The Kier molecular flexibility index (Phi) is 4.40. The topological polar surface area (TPSA) is 0 Å². The van der Waals surface area contributed by atoms with Gasteiger partial charge in [-0.15, -0.1) is 0 Å². The van der Waals surface area contributed by atoms with E-state index in [4.69, 9.17) is 0 Å². The molecule has 2 aromatic carbocycles. The van der Waals surface area contributed by atoms with Crippen molar-refractivity contribution in [1.82, 2.24) is 0 Å². The number of rotatable bonds is 3. The van der Waals surface area contributed by atoms with Crippen molar-refractivity contribution in [3.8, 4) is 0 Å². The van der Waals surface area contributed by atoms with Gasteiger partial charge in [0.05, 0.1) is 5.56 Å². The Morgan fingerprint density at radius 2 is 1.62 bits per heavy atom. The van der Waals surface area contributed by atoms with Crippen LogP contribution in [0.4, 0.5) is 13.2 Å². The molecule has 0 saturated carbocycles. The predicted molar refractivity (Wildman–Crippen MR) is 79.5 cm³/mol. The molecule has 0 atom stereocenters. The monoisotopic (exact) mass is 292 g/mol. The van der Waals surface area contributed by atoms with E-state index in [0.717, 1.165) is 22.3 Å². The zero-order chi connectivity index (χ0) is 15.6. The van der Waals surface area contributed by atoms with Crippen LogP contribution >= 0.6 is 0 Å². The van der Waals surface area contributed by atoms with Crippen LogP contribution < -0.4 is 0 Å². The third-order valence-electron chi connectivity index (χ3n) is 3.92. The van der Waals surface area contributed by atoms with Crippen molar-refractivity contribution in [3.63, 3.8) is 0 Å². The van der Waals surface area contributed by atoms with Crippen LogP contribution in [-0.2, 0) is 19.0 Å². The molecule has 0 fully saturated rings. The largest absolute Gasteiger partial charge is 0.416 e. The zero-order valence-electron chi connectivity index (χ0n) is 12.5. The smallest absolute Gasteiger partial charge is 0.166 e. The van der Waals surface area contributed by atoms with Gasteiger partial charge < -0.3 is 0 Å². The minimum absolute atomic E-state index is 0.346. The van der Waals surface area contributed by atoms with Gasteiger partial charge in [-0.25, -0.2) is 0 Å². The second-order valence-corrected chi connectivity index (χ2v) is 5.38. The van der Waals surface area contributed by atoms with Crippen molar-refractivity contribution in [2.75, 3.05) is 0 Å². The lowest BCUT2D eigenvalue weighted by molar-refractivity contribution is -0.138. The third-order valence-corrected chi connectivity index (χ3v) is 3.92. The molecule has 0 heterocycles. The molecular weight excluding hydrogens is 273 g/mol. The second-order valence-electron chi connectivity index (χ2n) is 5.38. The molecule has 0 radical (unpaired) electrons. The van der Waals surface area contributed by atoms with Crippen molar-refractivity contribution >= 4 is 0 Å². The molecule has 0 amide bonds. The normalized spacial score (nSPS) is 11.7. The SMILES string of the molecule is CCc1cc(Cc2ccccc2C)cc(C(F)(F)F)c1C. The summed E-state index contributed by atoms with van der Waals surface area (Å²) in [5, 5.41) is 0. The van der Waals surface area contributed by atoms with E-state index in [9.17, 15) is 13.2 Å². The summed E-state index contributed by atoms with van der Waals surface area (Å²) in [6.45, 7) is 5.42. The van der Waals surface area contributed by atoms with Crippen LogP contribution in [0.3, 0.4) is 0 Å². The van der Waals surface area contributed by atoms with E-state index in [1.54, 1.807) is 6.92 Å². The van der Waals surface area contributed by atoms with Crippen LogP contribution in [0.25, 0.3) is 0 Å². The third kappa shape index (κ3) is 3.46. The van der Waals surface area contributed by atoms with Gasteiger partial charge in [0.2, 0.25) is 0 Å². The van der Waals surface area contributed by atoms with Crippen LogP contribution in [0.15, 0.2) is 36.4 Å². The number of alkyl halides is 3. The van der Waals surface area contributed by atoms with E-state index in [-0.39, 0.29) is 0 Å². The number of benzene rings is 2. The molecule has 0 aliphatic heterocycles. The molecule has 0 aliphatic carbocycles. The maximum absolute atomic E-state index is 13.2. The van der Waals surface area contributed by atoms with Crippen molar-refractivity contribution < 1.29 is 13.2 Å². The van der Waals surface area contributed by atoms with Crippen molar-refractivity contribution in [2.24, 2.45) is 0 Å². The summed E-state index contributed by atoms with van der Waals surface area (Å²) in [6.07, 6.45) is -3.16. The van der Waals surface area contributed by atoms with Crippen molar-refractivity contribution in [3.05, 3.63) is 69.8 Å². The van der Waals surface area contributed by atoms with Crippen molar-refractivity contribution in [2.45, 2.75) is 39.8 Å². The molecule has 0 aromatic heterocycles. The first kappa shape index (κ1) is 15.6. The first-order valence-corrected chi connectivity index (χ1v) is 7.07. The average molecular weight is 292 g/mol. The predicted octanol–water partition coefficient (Wildman–Crippen LogP) is 5.48. The molecule has 3 heteroatoms. The molecule has 0 bridgehead atoms. The quantitative estimate of drug-likeness (QED) is 0.703. The Bertz CT molecular complexity index is 639. The van der Waals surface area contributed by atoms with Gasteiger partial charge >= 0.3 is 6.18 Å². The minimum atomic E-state index is -4.30. The summed E-state index contributed by atoms with van der Waals surface area (Å²) >= 11 is 0. The van der Waals surface area contributed by atoms with E-state index in [2.05, 4.69) is 0 Å². The number of halogens is 3. The Balaban J connectivity index is 2.48. The first-order valence-electron chi connectivity index (χ1n) is 7.07. The summed E-state index contributed by atoms with van der Waals surface area (Å²) in [5.41, 5.74) is 3.50. The molecule has 2 aromatic rings. The van der Waals surface area contributed by atoms with Gasteiger partial charge in [-0.3, -0.25) is 0 Å². The Morgan fingerprint density at radius 1 is 0.952 bits per heavy atom. The van der Waals surface area contributed by atoms with Crippen LogP contribution in [0, 0.1) is 13.8 Å². The minimum Gasteiger partial charge on any atom is -0.166 e. The molecular formula is C18H19F3. The number of aryl methyl sites for hydroxylation is 2. The Morgan fingerprint density at radius 3 is 2.19 bits per heavy atom. The van der Waals surface area contributed by atoms with E-state index < -0.39 is 11.7 Å². The van der Waals surface area contributed by atoms with Gasteiger partial charge in [0.1, 0.15) is 0 Å². The summed E-state index contributed by atoms with van der Waals surface area (Å²) < 4.78 is 39.5. The highest BCUT2D eigenvalue weighted by Crippen LogP contribution is 2.34. The molecule has 0 unspecified atom stereocenters. The second kappa shape index (κ2) is 5.92. The Hall–Kier alpha value is -1.77. The summed E-state index contributed by atoms with van der Waals surface area (Å²) in [6, 6.07) is 11.0. The van der Waals surface area contributed by atoms with Gasteiger partial charge in [0, 0.05) is 0 Å². The lowest BCUT2D eigenvalue weighted by Crippen LogP contribution is -2.10. The summed E-state index contributed by atoms with van der Waals surface area (Å²) in [4.78, 5) is 0. The fourth-order valence-electron chi connectivity index (χ4n) is 2.63. The van der Waals surface area contributed by atoms with E-state index >= 15 is 0 Å². The molecule has 0 N–H and O–H groups in total. The number of hydrogen-bond acceptors (Lipinski definition) is 0. The number of hydrogen-bond donors (Lipinski definition) is 0. The van der Waals surface area contributed by atoms with Gasteiger partial charge in [-0.2, -0.15) is 13.2 Å². The molecule has 112 valence electrons. The highest BCUT2D eigenvalue weighted by molar-refractivity contribution is 5.42. The summed E-state index contributed by atoms with van der Waals surface area (Å²) in [7, 11) is 0. The van der Waals surface area contributed by atoms with E-state index in [1.807, 2.05) is 44.2 Å². The van der Waals surface area contributed by atoms with Crippen LogP contribution in [0.1, 0.15) is 40.3 Å². The highest BCUT2D eigenvalue weighted by Gasteiger charge is 2.33. The molecule has 2 rings (SSSR count). The molecule has 0 spiro atoms. The van der Waals surface area contributed by atoms with Crippen LogP contribution in [-0.4, -0.2) is 0 Å². The summed E-state index contributed by atoms with van der Waals surface area (Å²) in [5.74, 6) is 0. The standard InChI is InChI=1S/C18H19F3/c1-4-15-9-14(10-16-8-6-5-7-12(16)2)11-17(13(15)3)18(19,20)21/h5-9,11H,4,10H2,1-3H3. The van der Waals surface area contributed by atoms with E-state index in [1.165, 1.54) is 6.07 Å². The molecule has 0 nitrogen and oxygen atoms in total. The van der Waals surface area contributed by atoms with E-state index in [0.29, 0.717) is 18.4 Å². The lowest BCUT2D eigenvalue weighted by atomic mass is 9.93. The highest BCUT2D eigenvalue weighted by atomic mass is 19.4. The van der Waals surface area contributed by atoms with Gasteiger partial charge in [-0.05, 0) is 60.6 Å². The lowest BCUT2D eigenvalue weighted by Gasteiger charge is -2.16. The fraction of sp³-hybridized carbons (Fsp3) is 0.333. The average Bonchev–Trinajstić information content (AvgIpc) is 2.41. The van der Waals surface area contributed by atoms with Gasteiger partial charge in [0.15, 0.2) is 0 Å². The molecule has 21 heavy (non-hydrogen) atoms. The Labute approximate surface area is 123 Å². The van der Waals surface area contributed by atoms with Gasteiger partial charge in [-0.1, -0.05) is 37.3 Å². The van der Waals surface area contributed by atoms with Gasteiger partial charge in [0.25, 0.3) is 0 Å². The van der Waals surface area contributed by atoms with Crippen LogP contribution in [0.2, 0.25) is 0 Å². The molecule has 0 aliphatic rings. The van der Waals surface area contributed by atoms with Crippen molar-refractivity contribution in [1.29, 1.82) is 0 Å². The maximum Gasteiger partial charge on any atom is 0.416 e. The van der Waals surface area contributed by atoms with Crippen LogP contribution in [0.5, 0.6) is 0 Å². The first-order chi connectivity index (χ1) is 9.82. The zero-order valence-corrected chi connectivity index (χ0v) is 12.5. The maximum atomic E-state index is 13.2.